The number of rotatable bonds is 5. The summed E-state index contributed by atoms with van der Waals surface area (Å²) in [4.78, 5) is 25.2. The smallest absolute Gasteiger partial charge is 0.258 e. The van der Waals surface area contributed by atoms with Gasteiger partial charge in [0.2, 0.25) is 5.13 Å². The number of ketones is 1. The molecule has 0 spiro atoms. The maximum absolute atomic E-state index is 12.7. The summed E-state index contributed by atoms with van der Waals surface area (Å²) in [6.07, 6.45) is 0.761. The number of aromatic nitrogens is 2. The van der Waals surface area contributed by atoms with E-state index in [2.05, 4.69) is 15.5 Å². The van der Waals surface area contributed by atoms with Crippen LogP contribution >= 0.6 is 11.3 Å². The molecule has 3 rings (SSSR count). The fourth-order valence-electron chi connectivity index (χ4n) is 2.24. The lowest BCUT2D eigenvalue weighted by Gasteiger charge is -2.08. The lowest BCUT2D eigenvalue weighted by molar-refractivity contribution is 0.0996. The van der Waals surface area contributed by atoms with Gasteiger partial charge < -0.3 is 0 Å². The molecule has 6 heteroatoms. The molecule has 1 N–H and O–H groups in total. The molecule has 0 aliphatic carbocycles. The average molecular weight is 337 g/mol. The number of anilines is 1. The third-order valence-corrected chi connectivity index (χ3v) is 4.43. The number of carbonyl (C=O) groups excluding carboxylic acids is 2. The molecule has 0 fully saturated rings. The molecule has 0 saturated carbocycles. The Hall–Kier alpha value is -2.86. The summed E-state index contributed by atoms with van der Waals surface area (Å²) in [7, 11) is 0. The van der Waals surface area contributed by atoms with E-state index < -0.39 is 0 Å². The van der Waals surface area contributed by atoms with Crippen LogP contribution in [-0.4, -0.2) is 21.9 Å². The maximum Gasteiger partial charge on any atom is 0.258 e. The lowest BCUT2D eigenvalue weighted by atomic mass is 9.98. The average Bonchev–Trinajstić information content (AvgIpc) is 3.09. The van der Waals surface area contributed by atoms with Crippen LogP contribution in [0, 0.1) is 0 Å². The van der Waals surface area contributed by atoms with Crippen molar-refractivity contribution in [2.24, 2.45) is 0 Å². The Bertz CT molecular complexity index is 875. The van der Waals surface area contributed by atoms with E-state index in [9.17, 15) is 9.59 Å². The number of carbonyl (C=O) groups is 2. The van der Waals surface area contributed by atoms with Crippen LogP contribution in [0.4, 0.5) is 5.13 Å². The second-order valence-electron chi connectivity index (χ2n) is 5.05. The van der Waals surface area contributed by atoms with Crippen molar-refractivity contribution in [1.82, 2.24) is 10.2 Å². The topological polar surface area (TPSA) is 72.0 Å². The molecule has 0 aliphatic heterocycles. The highest BCUT2D eigenvalue weighted by Gasteiger charge is 2.18. The molecule has 0 bridgehead atoms. The molecule has 0 aliphatic rings. The number of nitrogens with zero attached hydrogens (tertiary/aromatic N) is 2. The van der Waals surface area contributed by atoms with Gasteiger partial charge in [-0.15, -0.1) is 10.2 Å². The third kappa shape index (κ3) is 3.38. The largest absolute Gasteiger partial charge is 0.296 e. The minimum absolute atomic E-state index is 0.187. The summed E-state index contributed by atoms with van der Waals surface area (Å²) in [6, 6.07) is 15.7. The highest BCUT2D eigenvalue weighted by molar-refractivity contribution is 7.15. The number of aryl methyl sites for hydroxylation is 1. The first kappa shape index (κ1) is 16.0. The van der Waals surface area contributed by atoms with Crippen molar-refractivity contribution in [3.63, 3.8) is 0 Å². The van der Waals surface area contributed by atoms with E-state index in [4.69, 9.17) is 0 Å². The van der Waals surface area contributed by atoms with Crippen LogP contribution in [0.15, 0.2) is 54.6 Å². The van der Waals surface area contributed by atoms with Crippen molar-refractivity contribution in [2.45, 2.75) is 13.3 Å². The monoisotopic (exact) mass is 337 g/mol. The van der Waals surface area contributed by atoms with E-state index in [1.807, 2.05) is 13.0 Å². The van der Waals surface area contributed by atoms with Crippen LogP contribution in [-0.2, 0) is 6.42 Å². The van der Waals surface area contributed by atoms with Gasteiger partial charge in [0.15, 0.2) is 5.78 Å². The minimum atomic E-state index is -0.367. The van der Waals surface area contributed by atoms with E-state index in [1.54, 1.807) is 48.5 Å². The number of nitrogens with one attached hydrogen (secondary N) is 1. The van der Waals surface area contributed by atoms with Gasteiger partial charge >= 0.3 is 0 Å². The molecule has 2 aromatic carbocycles. The van der Waals surface area contributed by atoms with Crippen LogP contribution in [0.5, 0.6) is 0 Å². The zero-order chi connectivity index (χ0) is 16.9. The molecule has 1 amide bonds. The summed E-state index contributed by atoms with van der Waals surface area (Å²) in [5.74, 6) is -0.554. The Kier molecular flexibility index (Phi) is 4.77. The summed E-state index contributed by atoms with van der Waals surface area (Å²) in [5.41, 5.74) is 1.22. The number of hydrogen-bond donors (Lipinski definition) is 1. The Labute approximate surface area is 143 Å². The van der Waals surface area contributed by atoms with Crippen LogP contribution in [0.1, 0.15) is 38.2 Å². The van der Waals surface area contributed by atoms with Gasteiger partial charge in [-0.3, -0.25) is 14.9 Å². The van der Waals surface area contributed by atoms with Crippen LogP contribution in [0.25, 0.3) is 0 Å². The SMILES string of the molecule is CCc1nnc(NC(=O)c2ccccc2C(=O)c2ccccc2)s1. The Morgan fingerprint density at radius 3 is 2.29 bits per heavy atom. The number of amides is 1. The van der Waals surface area contributed by atoms with E-state index >= 15 is 0 Å². The van der Waals surface area contributed by atoms with Gasteiger partial charge in [0.05, 0.1) is 5.56 Å². The maximum atomic E-state index is 12.7. The Balaban J connectivity index is 1.88. The highest BCUT2D eigenvalue weighted by atomic mass is 32.1. The quantitative estimate of drug-likeness (QED) is 0.722. The van der Waals surface area contributed by atoms with Crippen LogP contribution < -0.4 is 5.32 Å². The summed E-state index contributed by atoms with van der Waals surface area (Å²) in [5, 5.41) is 11.9. The molecule has 3 aromatic rings. The molecule has 0 saturated heterocycles. The minimum Gasteiger partial charge on any atom is -0.296 e. The van der Waals surface area contributed by atoms with E-state index in [0.29, 0.717) is 21.8 Å². The van der Waals surface area contributed by atoms with Gasteiger partial charge in [0.1, 0.15) is 5.01 Å². The fourth-order valence-corrected chi connectivity index (χ4v) is 2.91. The Morgan fingerprint density at radius 1 is 0.958 bits per heavy atom. The van der Waals surface area contributed by atoms with E-state index in [-0.39, 0.29) is 11.7 Å². The molecule has 24 heavy (non-hydrogen) atoms. The first-order valence-corrected chi connectivity index (χ1v) is 8.33. The lowest BCUT2D eigenvalue weighted by Crippen LogP contribution is -2.16. The van der Waals surface area contributed by atoms with Gasteiger partial charge in [0.25, 0.3) is 5.91 Å². The first-order chi connectivity index (χ1) is 11.7. The molecular formula is C18H15N3O2S. The molecule has 120 valence electrons. The van der Waals surface area contributed by atoms with E-state index in [1.165, 1.54) is 11.3 Å². The van der Waals surface area contributed by atoms with Crippen molar-refractivity contribution in [3.8, 4) is 0 Å². The second-order valence-corrected chi connectivity index (χ2v) is 6.11. The summed E-state index contributed by atoms with van der Waals surface area (Å²) >= 11 is 1.33. The predicted molar refractivity (Wildman–Crippen MR) is 93.6 cm³/mol. The third-order valence-electron chi connectivity index (χ3n) is 3.44. The predicted octanol–water partition coefficient (Wildman–Crippen LogP) is 3.58. The normalized spacial score (nSPS) is 10.4. The van der Waals surface area contributed by atoms with Crippen LogP contribution in [0.2, 0.25) is 0 Å². The van der Waals surface area contributed by atoms with Gasteiger partial charge in [-0.1, -0.05) is 66.8 Å². The highest BCUT2D eigenvalue weighted by Crippen LogP contribution is 2.19. The van der Waals surface area contributed by atoms with Gasteiger partial charge in [-0.05, 0) is 12.5 Å². The van der Waals surface area contributed by atoms with Gasteiger partial charge in [0, 0.05) is 11.1 Å². The van der Waals surface area contributed by atoms with Crippen LogP contribution in [0.3, 0.4) is 0 Å². The number of benzene rings is 2. The summed E-state index contributed by atoms with van der Waals surface area (Å²) < 4.78 is 0. The molecule has 0 unspecified atom stereocenters. The molecule has 1 heterocycles. The zero-order valence-corrected chi connectivity index (χ0v) is 13.8. The van der Waals surface area contributed by atoms with E-state index in [0.717, 1.165) is 11.4 Å². The standard InChI is InChI=1S/C18H15N3O2S/c1-2-15-20-21-18(24-15)19-17(23)14-11-7-6-10-13(14)16(22)12-8-4-3-5-9-12/h3-11H,2H2,1H3,(H,19,21,23). The Morgan fingerprint density at radius 2 is 1.62 bits per heavy atom. The van der Waals surface area contributed by atoms with Crippen molar-refractivity contribution in [1.29, 1.82) is 0 Å². The summed E-state index contributed by atoms with van der Waals surface area (Å²) in [6.45, 7) is 1.97. The fraction of sp³-hybridized carbons (Fsp3) is 0.111. The van der Waals surface area contributed by atoms with Gasteiger partial charge in [-0.25, -0.2) is 0 Å². The van der Waals surface area contributed by atoms with Crippen molar-refractivity contribution in [2.75, 3.05) is 5.32 Å². The first-order valence-electron chi connectivity index (χ1n) is 7.51. The molecule has 5 nitrogen and oxygen atoms in total. The molecule has 0 atom stereocenters. The second kappa shape index (κ2) is 7.14. The molecule has 0 radical (unpaired) electrons. The molecule has 1 aromatic heterocycles. The number of hydrogen-bond acceptors (Lipinski definition) is 5. The molecular weight excluding hydrogens is 322 g/mol. The van der Waals surface area contributed by atoms with Gasteiger partial charge in [-0.2, -0.15) is 0 Å². The van der Waals surface area contributed by atoms with Crippen molar-refractivity contribution < 1.29 is 9.59 Å². The zero-order valence-electron chi connectivity index (χ0n) is 13.0. The van der Waals surface area contributed by atoms with Crippen molar-refractivity contribution in [3.05, 3.63) is 76.3 Å². The van der Waals surface area contributed by atoms with Crippen molar-refractivity contribution >= 4 is 28.2 Å².